The van der Waals surface area contributed by atoms with Gasteiger partial charge in [0.15, 0.2) is 5.76 Å². The van der Waals surface area contributed by atoms with Gasteiger partial charge in [-0.05, 0) is 43.7 Å². The molecule has 5 heteroatoms. The Kier molecular flexibility index (Phi) is 3.05. The molecular weight excluding hydrogens is 246 g/mol. The van der Waals surface area contributed by atoms with Crippen molar-refractivity contribution in [2.24, 2.45) is 5.92 Å². The second kappa shape index (κ2) is 4.72. The maximum Gasteiger partial charge on any atom is 0.371 e. The minimum absolute atomic E-state index is 0.142. The van der Waals surface area contributed by atoms with E-state index in [2.05, 4.69) is 0 Å². The summed E-state index contributed by atoms with van der Waals surface area (Å²) in [5, 5.41) is 8.81. The van der Waals surface area contributed by atoms with Crippen LogP contribution in [0.1, 0.15) is 53.2 Å². The van der Waals surface area contributed by atoms with Crippen molar-refractivity contribution >= 4 is 11.9 Å². The molecule has 19 heavy (non-hydrogen) atoms. The lowest BCUT2D eigenvalue weighted by Crippen LogP contribution is -2.42. The molecule has 1 unspecified atom stereocenters. The Morgan fingerprint density at radius 1 is 1.16 bits per heavy atom. The SMILES string of the molecule is O=C(O)c1ccc(C(=O)N2CCCC2C2CCC2)o1. The van der Waals surface area contributed by atoms with Crippen molar-refractivity contribution in [2.75, 3.05) is 6.54 Å². The standard InChI is InChI=1S/C14H17NO4/c16-13(11-6-7-12(19-11)14(17)18)15-8-2-5-10(15)9-3-1-4-9/h6-7,9-10H,1-5,8H2,(H,17,18). The number of carboxylic acids is 1. The highest BCUT2D eigenvalue weighted by Gasteiger charge is 2.38. The van der Waals surface area contributed by atoms with Crippen LogP contribution < -0.4 is 0 Å². The summed E-state index contributed by atoms with van der Waals surface area (Å²) in [7, 11) is 0. The van der Waals surface area contributed by atoms with Crippen LogP contribution in [0.2, 0.25) is 0 Å². The maximum absolute atomic E-state index is 12.4. The van der Waals surface area contributed by atoms with Gasteiger partial charge in [0.1, 0.15) is 0 Å². The minimum Gasteiger partial charge on any atom is -0.475 e. The Morgan fingerprint density at radius 2 is 1.89 bits per heavy atom. The predicted octanol–water partition coefficient (Wildman–Crippen LogP) is 2.38. The summed E-state index contributed by atoms with van der Waals surface area (Å²) in [5.41, 5.74) is 0. The Labute approximate surface area is 111 Å². The number of carboxylic acid groups (broad SMARTS) is 1. The average Bonchev–Trinajstić information content (AvgIpc) is 2.94. The topological polar surface area (TPSA) is 70.8 Å². The summed E-state index contributed by atoms with van der Waals surface area (Å²) in [5.74, 6) is -0.718. The van der Waals surface area contributed by atoms with Gasteiger partial charge in [-0.2, -0.15) is 0 Å². The van der Waals surface area contributed by atoms with Crippen molar-refractivity contribution in [1.29, 1.82) is 0 Å². The van der Waals surface area contributed by atoms with Gasteiger partial charge in [-0.1, -0.05) is 6.42 Å². The number of furan rings is 1. The molecule has 0 radical (unpaired) electrons. The fourth-order valence-electron chi connectivity index (χ4n) is 3.07. The number of hydrogen-bond donors (Lipinski definition) is 1. The first-order chi connectivity index (χ1) is 9.16. The lowest BCUT2D eigenvalue weighted by atomic mass is 9.79. The summed E-state index contributed by atoms with van der Waals surface area (Å²) in [6, 6.07) is 3.12. The maximum atomic E-state index is 12.4. The summed E-state index contributed by atoms with van der Waals surface area (Å²) < 4.78 is 5.11. The molecule has 1 atom stereocenters. The molecule has 1 amide bonds. The Morgan fingerprint density at radius 3 is 2.47 bits per heavy atom. The van der Waals surface area contributed by atoms with Gasteiger partial charge >= 0.3 is 5.97 Å². The van der Waals surface area contributed by atoms with E-state index >= 15 is 0 Å². The molecule has 1 N–H and O–H groups in total. The van der Waals surface area contributed by atoms with Crippen molar-refractivity contribution in [3.05, 3.63) is 23.7 Å². The molecule has 0 spiro atoms. The number of likely N-dealkylation sites (tertiary alicyclic amines) is 1. The number of carbonyl (C=O) groups excluding carboxylic acids is 1. The van der Waals surface area contributed by atoms with Gasteiger partial charge < -0.3 is 14.4 Å². The minimum atomic E-state index is -1.14. The predicted molar refractivity (Wildman–Crippen MR) is 67.1 cm³/mol. The van der Waals surface area contributed by atoms with Gasteiger partial charge in [-0.25, -0.2) is 4.79 Å². The zero-order valence-electron chi connectivity index (χ0n) is 10.7. The van der Waals surface area contributed by atoms with Crippen molar-refractivity contribution in [1.82, 2.24) is 4.90 Å². The van der Waals surface area contributed by atoms with Crippen LogP contribution in [0.3, 0.4) is 0 Å². The fourth-order valence-corrected chi connectivity index (χ4v) is 3.07. The highest BCUT2D eigenvalue weighted by atomic mass is 16.4. The van der Waals surface area contributed by atoms with Crippen molar-refractivity contribution in [3.63, 3.8) is 0 Å². The third-order valence-electron chi connectivity index (χ3n) is 4.28. The monoisotopic (exact) mass is 263 g/mol. The molecule has 1 aliphatic heterocycles. The van der Waals surface area contributed by atoms with E-state index in [0.717, 1.165) is 19.4 Å². The van der Waals surface area contributed by atoms with E-state index in [9.17, 15) is 9.59 Å². The van der Waals surface area contributed by atoms with E-state index in [4.69, 9.17) is 9.52 Å². The van der Waals surface area contributed by atoms with Crippen LogP contribution >= 0.6 is 0 Å². The highest BCUT2D eigenvalue weighted by Crippen LogP contribution is 2.37. The van der Waals surface area contributed by atoms with Crippen LogP contribution in [-0.2, 0) is 0 Å². The van der Waals surface area contributed by atoms with Gasteiger partial charge in [0.2, 0.25) is 5.76 Å². The van der Waals surface area contributed by atoms with Crippen LogP contribution in [0.4, 0.5) is 0 Å². The van der Waals surface area contributed by atoms with Crippen LogP contribution in [-0.4, -0.2) is 34.5 Å². The molecule has 1 aliphatic carbocycles. The van der Waals surface area contributed by atoms with Gasteiger partial charge in [-0.3, -0.25) is 4.79 Å². The van der Waals surface area contributed by atoms with E-state index in [0.29, 0.717) is 12.0 Å². The zero-order chi connectivity index (χ0) is 13.4. The molecule has 2 fully saturated rings. The average molecular weight is 263 g/mol. The Hall–Kier alpha value is -1.78. The molecule has 102 valence electrons. The molecule has 1 saturated heterocycles. The molecule has 5 nitrogen and oxygen atoms in total. The van der Waals surface area contributed by atoms with Crippen molar-refractivity contribution in [2.45, 2.75) is 38.1 Å². The lowest BCUT2D eigenvalue weighted by Gasteiger charge is -2.36. The Balaban J connectivity index is 1.76. The second-order valence-corrected chi connectivity index (χ2v) is 5.37. The first kappa shape index (κ1) is 12.3. The molecule has 3 rings (SSSR count). The molecule has 1 aromatic rings. The lowest BCUT2D eigenvalue weighted by molar-refractivity contribution is 0.0583. The van der Waals surface area contributed by atoms with Gasteiger partial charge in [0, 0.05) is 12.6 Å². The Bertz CT molecular complexity index is 503. The third kappa shape index (κ3) is 2.13. The number of hydrogen-bond acceptors (Lipinski definition) is 3. The van der Waals surface area contributed by atoms with E-state index < -0.39 is 5.97 Å². The smallest absolute Gasteiger partial charge is 0.371 e. The molecule has 2 aliphatic rings. The van der Waals surface area contributed by atoms with Gasteiger partial charge in [0.05, 0.1) is 0 Å². The van der Waals surface area contributed by atoms with E-state index in [-0.39, 0.29) is 17.4 Å². The molecule has 0 bridgehead atoms. The van der Waals surface area contributed by atoms with E-state index in [1.807, 2.05) is 4.90 Å². The molecule has 1 saturated carbocycles. The first-order valence-electron chi connectivity index (χ1n) is 6.81. The van der Waals surface area contributed by atoms with Crippen LogP contribution in [0.25, 0.3) is 0 Å². The fraction of sp³-hybridized carbons (Fsp3) is 0.571. The van der Waals surface area contributed by atoms with Crippen LogP contribution in [0.5, 0.6) is 0 Å². The van der Waals surface area contributed by atoms with Crippen molar-refractivity contribution in [3.8, 4) is 0 Å². The number of carbonyl (C=O) groups is 2. The molecule has 1 aromatic heterocycles. The third-order valence-corrected chi connectivity index (χ3v) is 4.28. The number of amides is 1. The number of rotatable bonds is 3. The van der Waals surface area contributed by atoms with Crippen LogP contribution in [0.15, 0.2) is 16.5 Å². The second-order valence-electron chi connectivity index (χ2n) is 5.37. The summed E-state index contributed by atoms with van der Waals surface area (Å²) in [4.78, 5) is 25.0. The zero-order valence-corrected chi connectivity index (χ0v) is 10.7. The van der Waals surface area contributed by atoms with Gasteiger partial charge in [-0.15, -0.1) is 0 Å². The largest absolute Gasteiger partial charge is 0.475 e. The molecule has 2 heterocycles. The number of nitrogens with zero attached hydrogens (tertiary/aromatic N) is 1. The highest BCUT2D eigenvalue weighted by molar-refractivity contribution is 5.93. The summed E-state index contributed by atoms with van der Waals surface area (Å²) in [6.07, 6.45) is 5.75. The summed E-state index contributed by atoms with van der Waals surface area (Å²) >= 11 is 0. The molecule has 0 aromatic carbocycles. The van der Waals surface area contributed by atoms with Gasteiger partial charge in [0.25, 0.3) is 5.91 Å². The number of aromatic carboxylic acids is 1. The normalized spacial score (nSPS) is 23.4. The summed E-state index contributed by atoms with van der Waals surface area (Å²) in [6.45, 7) is 0.753. The van der Waals surface area contributed by atoms with Crippen LogP contribution in [0, 0.1) is 5.92 Å². The van der Waals surface area contributed by atoms with Crippen molar-refractivity contribution < 1.29 is 19.1 Å². The first-order valence-corrected chi connectivity index (χ1v) is 6.81. The van der Waals surface area contributed by atoms with E-state index in [1.165, 1.54) is 31.4 Å². The van der Waals surface area contributed by atoms with E-state index in [1.54, 1.807) is 0 Å². The molecular formula is C14H17NO4. The quantitative estimate of drug-likeness (QED) is 0.908.